The number of aromatic carboxylic acids is 1. The molecule has 0 radical (unpaired) electrons. The first kappa shape index (κ1) is 13.8. The first-order valence-corrected chi connectivity index (χ1v) is 7.12. The Morgan fingerprint density at radius 1 is 1.43 bits per heavy atom. The van der Waals surface area contributed by atoms with Crippen LogP contribution in [0.25, 0.3) is 10.8 Å². The number of nitrogens with zero attached hydrogens (tertiary/aromatic N) is 1. The predicted molar refractivity (Wildman–Crippen MR) is 80.7 cm³/mol. The van der Waals surface area contributed by atoms with E-state index in [-0.39, 0.29) is 11.6 Å². The third-order valence-electron chi connectivity index (χ3n) is 4.06. The second kappa shape index (κ2) is 5.69. The molecule has 2 heterocycles. The van der Waals surface area contributed by atoms with Crippen molar-refractivity contribution in [3.63, 3.8) is 0 Å². The smallest absolute Gasteiger partial charge is 0.337 e. The van der Waals surface area contributed by atoms with E-state index in [1.807, 2.05) is 24.3 Å². The average Bonchev–Trinajstić information content (AvgIpc) is 3.01. The third-order valence-corrected chi connectivity index (χ3v) is 4.06. The fourth-order valence-corrected chi connectivity index (χ4v) is 2.76. The van der Waals surface area contributed by atoms with Crippen LogP contribution in [0.4, 0.5) is 5.82 Å². The van der Waals surface area contributed by atoms with Crippen LogP contribution in [0.3, 0.4) is 0 Å². The Morgan fingerprint density at radius 2 is 2.19 bits per heavy atom. The fraction of sp³-hybridized carbons (Fsp3) is 0.375. The lowest BCUT2D eigenvalue weighted by Crippen LogP contribution is -2.26. The molecule has 2 unspecified atom stereocenters. The summed E-state index contributed by atoms with van der Waals surface area (Å²) < 4.78 is 5.42. The monoisotopic (exact) mass is 286 g/mol. The zero-order valence-corrected chi connectivity index (χ0v) is 11.9. The van der Waals surface area contributed by atoms with E-state index in [4.69, 9.17) is 4.74 Å². The molecule has 21 heavy (non-hydrogen) atoms. The van der Waals surface area contributed by atoms with Gasteiger partial charge in [-0.05, 0) is 13.3 Å². The second-order valence-corrected chi connectivity index (χ2v) is 5.43. The van der Waals surface area contributed by atoms with Gasteiger partial charge in [-0.15, -0.1) is 0 Å². The van der Waals surface area contributed by atoms with E-state index in [2.05, 4.69) is 17.2 Å². The minimum Gasteiger partial charge on any atom is -0.478 e. The largest absolute Gasteiger partial charge is 0.478 e. The number of carboxylic acids is 1. The Balaban J connectivity index is 1.95. The van der Waals surface area contributed by atoms with E-state index in [9.17, 15) is 9.90 Å². The summed E-state index contributed by atoms with van der Waals surface area (Å²) >= 11 is 0. The molecule has 1 aromatic heterocycles. The number of aromatic nitrogens is 1. The molecular formula is C16H18N2O3. The van der Waals surface area contributed by atoms with E-state index in [0.717, 1.165) is 30.8 Å². The molecule has 0 spiro atoms. The molecule has 0 amide bonds. The van der Waals surface area contributed by atoms with Crippen molar-refractivity contribution in [3.05, 3.63) is 36.0 Å². The van der Waals surface area contributed by atoms with Crippen molar-refractivity contribution in [3.8, 4) is 0 Å². The van der Waals surface area contributed by atoms with Gasteiger partial charge in [-0.1, -0.05) is 24.3 Å². The van der Waals surface area contributed by atoms with E-state index in [1.54, 1.807) is 0 Å². The van der Waals surface area contributed by atoms with Crippen LogP contribution in [0.2, 0.25) is 0 Å². The quantitative estimate of drug-likeness (QED) is 0.904. The number of hydrogen-bond acceptors (Lipinski definition) is 4. The van der Waals surface area contributed by atoms with Gasteiger partial charge in [-0.25, -0.2) is 9.78 Å². The highest BCUT2D eigenvalue weighted by Gasteiger charge is 2.23. The van der Waals surface area contributed by atoms with Crippen LogP contribution in [0.5, 0.6) is 0 Å². The molecule has 0 bridgehead atoms. The van der Waals surface area contributed by atoms with Gasteiger partial charge < -0.3 is 15.2 Å². The van der Waals surface area contributed by atoms with Gasteiger partial charge in [0, 0.05) is 35.5 Å². The van der Waals surface area contributed by atoms with Crippen LogP contribution in [0.15, 0.2) is 30.5 Å². The van der Waals surface area contributed by atoms with Gasteiger partial charge in [0.25, 0.3) is 0 Å². The molecule has 1 aromatic carbocycles. The summed E-state index contributed by atoms with van der Waals surface area (Å²) in [4.78, 5) is 15.6. The molecule has 1 aliphatic rings. The van der Waals surface area contributed by atoms with Gasteiger partial charge in [-0.3, -0.25) is 0 Å². The van der Waals surface area contributed by atoms with Gasteiger partial charge in [0.2, 0.25) is 0 Å². The number of nitrogens with one attached hydrogen (secondary N) is 1. The number of ether oxygens (including phenoxy) is 1. The Hall–Kier alpha value is -2.14. The molecular weight excluding hydrogens is 268 g/mol. The maximum Gasteiger partial charge on any atom is 0.337 e. The lowest BCUT2D eigenvalue weighted by Gasteiger charge is -2.21. The zero-order valence-electron chi connectivity index (χ0n) is 11.9. The molecule has 110 valence electrons. The first-order chi connectivity index (χ1) is 10.2. The third kappa shape index (κ3) is 2.69. The summed E-state index contributed by atoms with van der Waals surface area (Å²) in [6.07, 6.45) is 2.46. The number of fused-ring (bicyclic) bond motifs is 1. The topological polar surface area (TPSA) is 71.5 Å². The number of benzene rings is 1. The van der Waals surface area contributed by atoms with Crippen molar-refractivity contribution in [1.82, 2.24) is 4.98 Å². The van der Waals surface area contributed by atoms with E-state index in [1.165, 1.54) is 6.20 Å². The van der Waals surface area contributed by atoms with Crippen molar-refractivity contribution in [2.24, 2.45) is 5.92 Å². The molecule has 0 saturated carbocycles. The van der Waals surface area contributed by atoms with Crippen molar-refractivity contribution in [2.45, 2.75) is 19.4 Å². The number of anilines is 1. The normalized spacial score (nSPS) is 19.6. The van der Waals surface area contributed by atoms with E-state index in [0.29, 0.717) is 11.3 Å². The molecule has 2 atom stereocenters. The van der Waals surface area contributed by atoms with Crippen LogP contribution in [-0.2, 0) is 4.74 Å². The number of pyridine rings is 1. The molecule has 2 aromatic rings. The number of rotatable bonds is 4. The maximum atomic E-state index is 11.3. The van der Waals surface area contributed by atoms with E-state index >= 15 is 0 Å². The van der Waals surface area contributed by atoms with Gasteiger partial charge in [-0.2, -0.15) is 0 Å². The van der Waals surface area contributed by atoms with Crippen molar-refractivity contribution in [2.75, 3.05) is 18.5 Å². The summed E-state index contributed by atoms with van der Waals surface area (Å²) in [5.74, 6) is 0.238. The summed E-state index contributed by atoms with van der Waals surface area (Å²) in [5.41, 5.74) is 0.230. The molecule has 1 saturated heterocycles. The fourth-order valence-electron chi connectivity index (χ4n) is 2.76. The van der Waals surface area contributed by atoms with Crippen LogP contribution in [-0.4, -0.2) is 35.3 Å². The van der Waals surface area contributed by atoms with Gasteiger partial charge in [0.15, 0.2) is 0 Å². The van der Waals surface area contributed by atoms with Gasteiger partial charge >= 0.3 is 5.97 Å². The molecule has 5 nitrogen and oxygen atoms in total. The Bertz CT molecular complexity index is 666. The van der Waals surface area contributed by atoms with Crippen molar-refractivity contribution >= 4 is 22.6 Å². The summed E-state index contributed by atoms with van der Waals surface area (Å²) in [6, 6.07) is 7.68. The zero-order chi connectivity index (χ0) is 14.8. The highest BCUT2D eigenvalue weighted by molar-refractivity contribution is 6.06. The highest BCUT2D eigenvalue weighted by Crippen LogP contribution is 2.27. The van der Waals surface area contributed by atoms with Crippen LogP contribution in [0.1, 0.15) is 23.7 Å². The minimum absolute atomic E-state index is 0.230. The van der Waals surface area contributed by atoms with Crippen LogP contribution >= 0.6 is 0 Å². The standard InChI is InChI=1S/C16H18N2O3/c1-10(11-6-7-21-9-11)18-15-13-5-3-2-4-12(13)14(8-17-15)16(19)20/h2-5,8,10-11H,6-7,9H2,1H3,(H,17,18)(H,19,20). The molecule has 3 rings (SSSR count). The van der Waals surface area contributed by atoms with Crippen molar-refractivity contribution in [1.29, 1.82) is 0 Å². The summed E-state index contributed by atoms with van der Waals surface area (Å²) in [6.45, 7) is 3.68. The van der Waals surface area contributed by atoms with E-state index < -0.39 is 5.97 Å². The minimum atomic E-state index is -0.956. The van der Waals surface area contributed by atoms with Crippen LogP contribution < -0.4 is 5.32 Å². The molecule has 1 aliphatic heterocycles. The Morgan fingerprint density at radius 3 is 2.86 bits per heavy atom. The van der Waals surface area contributed by atoms with Crippen LogP contribution in [0, 0.1) is 5.92 Å². The summed E-state index contributed by atoms with van der Waals surface area (Å²) in [7, 11) is 0. The summed E-state index contributed by atoms with van der Waals surface area (Å²) in [5, 5.41) is 14.2. The number of hydrogen-bond donors (Lipinski definition) is 2. The average molecular weight is 286 g/mol. The van der Waals surface area contributed by atoms with Gasteiger partial charge in [0.05, 0.1) is 12.2 Å². The maximum absolute atomic E-state index is 11.3. The Labute approximate surface area is 123 Å². The highest BCUT2D eigenvalue weighted by atomic mass is 16.5. The predicted octanol–water partition coefficient (Wildman–Crippen LogP) is 2.77. The molecule has 5 heteroatoms. The van der Waals surface area contributed by atoms with Gasteiger partial charge in [0.1, 0.15) is 5.82 Å². The van der Waals surface area contributed by atoms with Crippen molar-refractivity contribution < 1.29 is 14.6 Å². The molecule has 0 aliphatic carbocycles. The molecule has 2 N–H and O–H groups in total. The number of carboxylic acid groups (broad SMARTS) is 1. The number of carbonyl (C=O) groups is 1. The SMILES string of the molecule is CC(Nc1ncc(C(=O)O)c2ccccc12)C1CCOC1. The second-order valence-electron chi connectivity index (χ2n) is 5.43. The molecule has 1 fully saturated rings. The lowest BCUT2D eigenvalue weighted by molar-refractivity contribution is 0.0698. The lowest BCUT2D eigenvalue weighted by atomic mass is 10.00. The first-order valence-electron chi connectivity index (χ1n) is 7.12. The Kier molecular flexibility index (Phi) is 3.75.